The van der Waals surface area contributed by atoms with E-state index in [1.54, 1.807) is 0 Å². The van der Waals surface area contributed by atoms with Gasteiger partial charge in [0.2, 0.25) is 0 Å². The van der Waals surface area contributed by atoms with Crippen LogP contribution in [0.5, 0.6) is 0 Å². The van der Waals surface area contributed by atoms with Crippen LogP contribution in [0.2, 0.25) is 0 Å². The average molecular weight is 575 g/mol. The van der Waals surface area contributed by atoms with E-state index in [0.29, 0.717) is 0 Å². The number of aromatic nitrogens is 2. The summed E-state index contributed by atoms with van der Waals surface area (Å²) in [6.07, 6.45) is 0. The largest absolute Gasteiger partial charge is 0.309 e. The zero-order valence-electron chi connectivity index (χ0n) is 25.0. The maximum Gasteiger partial charge on any atom is 0.0547 e. The van der Waals surface area contributed by atoms with Gasteiger partial charge in [-0.2, -0.15) is 0 Å². The van der Waals surface area contributed by atoms with E-state index in [4.69, 9.17) is 0 Å². The lowest BCUT2D eigenvalue weighted by Crippen LogP contribution is -1.93. The van der Waals surface area contributed by atoms with Crippen LogP contribution in [-0.2, 0) is 0 Å². The van der Waals surface area contributed by atoms with E-state index >= 15 is 0 Å². The van der Waals surface area contributed by atoms with E-state index in [2.05, 4.69) is 180 Å². The molecule has 45 heavy (non-hydrogen) atoms. The summed E-state index contributed by atoms with van der Waals surface area (Å²) < 4.78 is 4.76. The highest BCUT2D eigenvalue weighted by molar-refractivity contribution is 6.11. The molecule has 0 saturated carbocycles. The molecule has 9 aromatic rings. The number of nitrogens with zero attached hydrogens (tertiary/aromatic N) is 2. The number of benzene rings is 7. The van der Waals surface area contributed by atoms with Crippen LogP contribution in [-0.4, -0.2) is 9.13 Å². The van der Waals surface area contributed by atoms with Crippen molar-refractivity contribution in [3.63, 3.8) is 0 Å². The van der Waals surface area contributed by atoms with Crippen molar-refractivity contribution in [2.24, 2.45) is 0 Å². The minimum absolute atomic E-state index is 1.17. The van der Waals surface area contributed by atoms with Crippen molar-refractivity contribution in [2.45, 2.75) is 6.92 Å². The van der Waals surface area contributed by atoms with Gasteiger partial charge in [0.25, 0.3) is 0 Å². The fourth-order valence-corrected chi connectivity index (χ4v) is 7.13. The second-order valence-corrected chi connectivity index (χ2v) is 11.9. The van der Waals surface area contributed by atoms with Crippen molar-refractivity contribution in [1.82, 2.24) is 9.13 Å². The van der Waals surface area contributed by atoms with Crippen LogP contribution >= 0.6 is 0 Å². The van der Waals surface area contributed by atoms with E-state index in [9.17, 15) is 0 Å². The van der Waals surface area contributed by atoms with E-state index in [0.717, 1.165) is 0 Å². The molecule has 2 nitrogen and oxygen atoms in total. The highest BCUT2D eigenvalue weighted by atomic mass is 15.0. The molecule has 0 amide bonds. The first-order chi connectivity index (χ1) is 22.2. The van der Waals surface area contributed by atoms with Crippen molar-refractivity contribution >= 4 is 43.6 Å². The fourth-order valence-electron chi connectivity index (χ4n) is 7.13. The summed E-state index contributed by atoms with van der Waals surface area (Å²) in [7, 11) is 0. The van der Waals surface area contributed by atoms with E-state index in [1.165, 1.54) is 82.8 Å². The van der Waals surface area contributed by atoms with Crippen LogP contribution in [0.3, 0.4) is 0 Å². The molecule has 2 aromatic heterocycles. The van der Waals surface area contributed by atoms with Crippen molar-refractivity contribution in [2.75, 3.05) is 0 Å². The van der Waals surface area contributed by atoms with Crippen LogP contribution in [0, 0.1) is 6.92 Å². The molecule has 0 aliphatic carbocycles. The molecule has 0 atom stereocenters. The maximum atomic E-state index is 2.39. The zero-order chi connectivity index (χ0) is 29.9. The minimum atomic E-state index is 1.17. The van der Waals surface area contributed by atoms with E-state index in [1.807, 2.05) is 0 Å². The van der Waals surface area contributed by atoms with E-state index < -0.39 is 0 Å². The lowest BCUT2D eigenvalue weighted by Gasteiger charge is -2.11. The Balaban J connectivity index is 1.21. The van der Waals surface area contributed by atoms with Crippen LogP contribution in [0.1, 0.15) is 5.56 Å². The summed E-state index contributed by atoms with van der Waals surface area (Å²) in [6, 6.07) is 59.6. The lowest BCUT2D eigenvalue weighted by molar-refractivity contribution is 1.18. The first kappa shape index (κ1) is 25.6. The quantitative estimate of drug-likeness (QED) is 0.198. The van der Waals surface area contributed by atoms with Crippen LogP contribution in [0.15, 0.2) is 164 Å². The number of para-hydroxylation sites is 4. The molecule has 0 aliphatic rings. The maximum absolute atomic E-state index is 2.39. The highest BCUT2D eigenvalue weighted by Crippen LogP contribution is 2.38. The van der Waals surface area contributed by atoms with Crippen molar-refractivity contribution in [1.29, 1.82) is 0 Å². The van der Waals surface area contributed by atoms with Gasteiger partial charge in [-0.05, 0) is 95.4 Å². The molecular formula is C43H30N2. The second kappa shape index (κ2) is 10.1. The van der Waals surface area contributed by atoms with Gasteiger partial charge in [0.05, 0.1) is 22.1 Å². The van der Waals surface area contributed by atoms with Crippen LogP contribution < -0.4 is 0 Å². The average Bonchev–Trinajstić information content (AvgIpc) is 3.61. The molecule has 0 bridgehead atoms. The molecular weight excluding hydrogens is 544 g/mol. The molecule has 2 heteroatoms. The molecule has 0 radical (unpaired) electrons. The summed E-state index contributed by atoms with van der Waals surface area (Å²) in [5.41, 5.74) is 13.4. The molecule has 0 fully saturated rings. The Hall–Kier alpha value is -5.86. The Kier molecular flexibility index (Phi) is 5.76. The molecule has 0 spiro atoms. The number of rotatable bonds is 4. The fraction of sp³-hybridized carbons (Fsp3) is 0.0233. The summed E-state index contributed by atoms with van der Waals surface area (Å²) in [5, 5.41) is 5.08. The van der Waals surface area contributed by atoms with Gasteiger partial charge in [0.1, 0.15) is 0 Å². The number of fused-ring (bicyclic) bond motifs is 6. The monoisotopic (exact) mass is 574 g/mol. The zero-order valence-corrected chi connectivity index (χ0v) is 25.0. The Bertz CT molecular complexity index is 2530. The minimum Gasteiger partial charge on any atom is -0.309 e. The lowest BCUT2D eigenvalue weighted by atomic mass is 9.95. The van der Waals surface area contributed by atoms with Gasteiger partial charge in [0, 0.05) is 32.9 Å². The van der Waals surface area contributed by atoms with Crippen molar-refractivity contribution in [3.05, 3.63) is 169 Å². The van der Waals surface area contributed by atoms with Gasteiger partial charge in [-0.15, -0.1) is 0 Å². The Morgan fingerprint density at radius 1 is 0.311 bits per heavy atom. The van der Waals surface area contributed by atoms with Crippen molar-refractivity contribution < 1.29 is 0 Å². The molecule has 0 N–H and O–H groups in total. The van der Waals surface area contributed by atoms with Gasteiger partial charge < -0.3 is 9.13 Å². The molecule has 0 saturated heterocycles. The molecule has 2 heterocycles. The second-order valence-electron chi connectivity index (χ2n) is 11.9. The van der Waals surface area contributed by atoms with Gasteiger partial charge >= 0.3 is 0 Å². The highest BCUT2D eigenvalue weighted by Gasteiger charge is 2.15. The third kappa shape index (κ3) is 4.11. The standard InChI is InChI=1S/C43H30N2/c1-29-24-32(30-21-23-42-39(27-30)37-17-9-11-19-41(37)44(42)34-12-4-2-5-13-34)26-33(25-29)31-20-22-38-36-16-8-10-18-40(36)45(43(38)28-31)35-14-6-3-7-15-35/h2-28H,1H3. The normalized spacial score (nSPS) is 11.7. The third-order valence-corrected chi connectivity index (χ3v) is 9.12. The van der Waals surface area contributed by atoms with Crippen LogP contribution in [0.4, 0.5) is 0 Å². The summed E-state index contributed by atoms with van der Waals surface area (Å²) in [5.74, 6) is 0. The molecule has 9 rings (SSSR count). The Labute approximate surface area is 262 Å². The summed E-state index contributed by atoms with van der Waals surface area (Å²) in [6.45, 7) is 2.20. The van der Waals surface area contributed by atoms with Gasteiger partial charge in [0.15, 0.2) is 0 Å². The summed E-state index contributed by atoms with van der Waals surface area (Å²) >= 11 is 0. The molecule has 0 unspecified atom stereocenters. The Morgan fingerprint density at radius 3 is 1.42 bits per heavy atom. The molecule has 7 aromatic carbocycles. The van der Waals surface area contributed by atoms with Gasteiger partial charge in [-0.25, -0.2) is 0 Å². The smallest absolute Gasteiger partial charge is 0.0547 e. The first-order valence-electron chi connectivity index (χ1n) is 15.5. The topological polar surface area (TPSA) is 9.86 Å². The number of hydrogen-bond donors (Lipinski definition) is 0. The van der Waals surface area contributed by atoms with Crippen LogP contribution in [0.25, 0.3) is 77.2 Å². The number of aryl methyl sites for hydroxylation is 1. The number of hydrogen-bond acceptors (Lipinski definition) is 0. The molecule has 212 valence electrons. The first-order valence-corrected chi connectivity index (χ1v) is 15.5. The van der Waals surface area contributed by atoms with E-state index in [-0.39, 0.29) is 0 Å². The third-order valence-electron chi connectivity index (χ3n) is 9.12. The van der Waals surface area contributed by atoms with Crippen molar-refractivity contribution in [3.8, 4) is 33.6 Å². The Morgan fingerprint density at radius 2 is 0.778 bits per heavy atom. The SMILES string of the molecule is Cc1cc(-c2ccc3c(c2)c2ccccc2n3-c2ccccc2)cc(-c2ccc3c4ccccc4n(-c4ccccc4)c3c2)c1. The van der Waals surface area contributed by atoms with Gasteiger partial charge in [-0.1, -0.05) is 103 Å². The predicted octanol–water partition coefficient (Wildman–Crippen LogP) is 11.5. The molecule has 0 aliphatic heterocycles. The summed E-state index contributed by atoms with van der Waals surface area (Å²) in [4.78, 5) is 0. The predicted molar refractivity (Wildman–Crippen MR) is 191 cm³/mol. The van der Waals surface area contributed by atoms with Gasteiger partial charge in [-0.3, -0.25) is 0 Å².